The van der Waals surface area contributed by atoms with E-state index in [9.17, 15) is 4.79 Å². The van der Waals surface area contributed by atoms with Crippen LogP contribution in [0.2, 0.25) is 0 Å². The number of hydrogen-bond acceptors (Lipinski definition) is 8. The van der Waals surface area contributed by atoms with Crippen LogP contribution in [0.1, 0.15) is 31.1 Å². The second kappa shape index (κ2) is 7.51. The van der Waals surface area contributed by atoms with Gasteiger partial charge in [-0.1, -0.05) is 25.2 Å². The first-order valence-corrected chi connectivity index (χ1v) is 8.74. The summed E-state index contributed by atoms with van der Waals surface area (Å²) < 4.78 is 6.68. The average Bonchev–Trinajstić information content (AvgIpc) is 3.18. The normalized spacial score (nSPS) is 11.2. The number of fused-ring (bicyclic) bond motifs is 1. The highest BCUT2D eigenvalue weighted by Gasteiger charge is 2.13. The van der Waals surface area contributed by atoms with E-state index in [-0.39, 0.29) is 12.3 Å². The van der Waals surface area contributed by atoms with Crippen molar-refractivity contribution < 1.29 is 9.53 Å². The Morgan fingerprint density at radius 2 is 2.12 bits per heavy atom. The highest BCUT2D eigenvalue weighted by Crippen LogP contribution is 2.18. The molecule has 3 rings (SSSR count). The number of anilines is 1. The summed E-state index contributed by atoms with van der Waals surface area (Å²) in [5.41, 5.74) is 0.610. The fraction of sp³-hybridized carbons (Fsp3) is 0.467. The van der Waals surface area contributed by atoms with Crippen LogP contribution in [0.5, 0.6) is 5.88 Å². The maximum absolute atomic E-state index is 12.1. The summed E-state index contributed by atoms with van der Waals surface area (Å²) in [6.45, 7) is 4.23. The van der Waals surface area contributed by atoms with E-state index in [2.05, 4.69) is 44.7 Å². The molecule has 0 unspecified atom stereocenters. The van der Waals surface area contributed by atoms with Crippen LogP contribution < -0.4 is 10.1 Å². The molecule has 0 radical (unpaired) electrons. The first-order chi connectivity index (χ1) is 12.0. The van der Waals surface area contributed by atoms with Crippen LogP contribution in [0.4, 0.5) is 5.13 Å². The quantitative estimate of drug-likeness (QED) is 0.683. The summed E-state index contributed by atoms with van der Waals surface area (Å²) in [7, 11) is 1.54. The molecule has 0 aliphatic heterocycles. The third kappa shape index (κ3) is 4.27. The maximum Gasteiger partial charge on any atom is 0.231 e. The van der Waals surface area contributed by atoms with Crippen molar-refractivity contribution in [2.45, 2.75) is 33.1 Å². The van der Waals surface area contributed by atoms with Crippen LogP contribution in [0, 0.1) is 5.92 Å². The van der Waals surface area contributed by atoms with Crippen molar-refractivity contribution >= 4 is 28.0 Å². The van der Waals surface area contributed by atoms with Gasteiger partial charge in [0.25, 0.3) is 0 Å². The molecule has 10 heteroatoms. The van der Waals surface area contributed by atoms with E-state index in [1.165, 1.54) is 11.3 Å². The Morgan fingerprint density at radius 1 is 1.28 bits per heavy atom. The number of hydrogen-bond donors (Lipinski definition) is 1. The Morgan fingerprint density at radius 3 is 2.88 bits per heavy atom. The molecule has 3 heterocycles. The molecule has 0 spiro atoms. The zero-order chi connectivity index (χ0) is 17.8. The second-order valence-electron chi connectivity index (χ2n) is 5.91. The topological polar surface area (TPSA) is 107 Å². The molecule has 1 amide bonds. The van der Waals surface area contributed by atoms with Crippen LogP contribution >= 0.6 is 11.3 Å². The average molecular weight is 361 g/mol. The molecule has 25 heavy (non-hydrogen) atoms. The summed E-state index contributed by atoms with van der Waals surface area (Å²) in [4.78, 5) is 12.1. The molecular weight excluding hydrogens is 342 g/mol. The predicted octanol–water partition coefficient (Wildman–Crippen LogP) is 1.75. The van der Waals surface area contributed by atoms with Crippen LogP contribution in [0.3, 0.4) is 0 Å². The van der Waals surface area contributed by atoms with Gasteiger partial charge >= 0.3 is 0 Å². The number of carbonyl (C=O) groups is 1. The summed E-state index contributed by atoms with van der Waals surface area (Å²) in [5.74, 6) is 1.42. The van der Waals surface area contributed by atoms with Crippen LogP contribution in [0.15, 0.2) is 12.1 Å². The molecule has 0 saturated carbocycles. The number of aromatic nitrogens is 6. The lowest BCUT2D eigenvalue weighted by atomic mass is 10.1. The Labute approximate surface area is 148 Å². The SMILES string of the molecule is COc1ccc2nnc(CCC(=O)Nc3nnc(CC(C)C)s3)n2n1. The number of nitrogens with zero attached hydrogens (tertiary/aromatic N) is 6. The first kappa shape index (κ1) is 17.2. The minimum absolute atomic E-state index is 0.146. The van der Waals surface area contributed by atoms with Gasteiger partial charge < -0.3 is 10.1 Å². The molecule has 0 aliphatic carbocycles. The highest BCUT2D eigenvalue weighted by atomic mass is 32.1. The van der Waals surface area contributed by atoms with E-state index < -0.39 is 0 Å². The molecule has 0 saturated heterocycles. The number of rotatable bonds is 7. The third-order valence-corrected chi connectivity index (χ3v) is 4.24. The molecule has 0 aliphatic rings. The van der Waals surface area contributed by atoms with Crippen molar-refractivity contribution in [1.29, 1.82) is 0 Å². The molecule has 3 aromatic heterocycles. The minimum Gasteiger partial charge on any atom is -0.480 e. The fourth-order valence-corrected chi connectivity index (χ4v) is 3.19. The van der Waals surface area contributed by atoms with Gasteiger partial charge in [0.15, 0.2) is 11.5 Å². The van der Waals surface area contributed by atoms with Crippen molar-refractivity contribution in [1.82, 2.24) is 30.0 Å². The lowest BCUT2D eigenvalue weighted by molar-refractivity contribution is -0.116. The van der Waals surface area contributed by atoms with Crippen LogP contribution in [-0.4, -0.2) is 43.0 Å². The lowest BCUT2D eigenvalue weighted by Crippen LogP contribution is -2.13. The largest absolute Gasteiger partial charge is 0.480 e. The highest BCUT2D eigenvalue weighted by molar-refractivity contribution is 7.15. The molecule has 132 valence electrons. The van der Waals surface area contributed by atoms with Gasteiger partial charge in [-0.05, 0) is 12.0 Å². The standard InChI is InChI=1S/C15H19N7O2S/c1-9(2)8-14-19-20-15(25-14)16-12(23)6-4-10-17-18-11-5-7-13(24-3)21-22(10)11/h5,7,9H,4,6,8H2,1-3H3,(H,16,20,23). The van der Waals surface area contributed by atoms with E-state index in [0.29, 0.717) is 34.8 Å². The van der Waals surface area contributed by atoms with Gasteiger partial charge in [0.2, 0.25) is 16.9 Å². The van der Waals surface area contributed by atoms with Crippen molar-refractivity contribution in [3.63, 3.8) is 0 Å². The number of ether oxygens (including phenoxy) is 1. The van der Waals surface area contributed by atoms with Crippen LogP contribution in [0.25, 0.3) is 5.65 Å². The molecule has 9 nitrogen and oxygen atoms in total. The Bertz CT molecular complexity index is 874. The summed E-state index contributed by atoms with van der Waals surface area (Å²) in [6, 6.07) is 3.48. The molecule has 0 bridgehead atoms. The second-order valence-corrected chi connectivity index (χ2v) is 6.97. The van der Waals surface area contributed by atoms with Gasteiger partial charge in [-0.2, -0.15) is 4.52 Å². The van der Waals surface area contributed by atoms with E-state index in [1.807, 2.05) is 0 Å². The zero-order valence-corrected chi connectivity index (χ0v) is 15.1. The number of aryl methyl sites for hydroxylation is 1. The molecular formula is C15H19N7O2S. The molecule has 1 N–H and O–H groups in total. The minimum atomic E-state index is -0.146. The van der Waals surface area contributed by atoms with Gasteiger partial charge in [-0.25, -0.2) is 0 Å². The smallest absolute Gasteiger partial charge is 0.231 e. The molecule has 0 aromatic carbocycles. The number of nitrogens with one attached hydrogen (secondary N) is 1. The van der Waals surface area contributed by atoms with Crippen molar-refractivity contribution in [3.8, 4) is 5.88 Å². The predicted molar refractivity (Wildman–Crippen MR) is 92.7 cm³/mol. The van der Waals surface area contributed by atoms with Gasteiger partial charge in [-0.3, -0.25) is 4.79 Å². The Balaban J connectivity index is 1.60. The summed E-state index contributed by atoms with van der Waals surface area (Å²) >= 11 is 1.40. The lowest BCUT2D eigenvalue weighted by Gasteiger charge is -2.02. The van der Waals surface area contributed by atoms with Crippen molar-refractivity contribution in [3.05, 3.63) is 23.0 Å². The fourth-order valence-electron chi connectivity index (χ4n) is 2.22. The van der Waals surface area contributed by atoms with Gasteiger partial charge in [0.1, 0.15) is 5.01 Å². The summed E-state index contributed by atoms with van der Waals surface area (Å²) in [6.07, 6.45) is 1.51. The molecule has 0 atom stereocenters. The zero-order valence-electron chi connectivity index (χ0n) is 14.3. The molecule has 0 fully saturated rings. The van der Waals surface area contributed by atoms with Gasteiger partial charge in [0.05, 0.1) is 7.11 Å². The monoisotopic (exact) mass is 361 g/mol. The van der Waals surface area contributed by atoms with E-state index in [4.69, 9.17) is 4.74 Å². The summed E-state index contributed by atoms with van der Waals surface area (Å²) in [5, 5.41) is 24.7. The number of methoxy groups -OCH3 is 1. The maximum atomic E-state index is 12.1. The van der Waals surface area contributed by atoms with Gasteiger partial charge in [-0.15, -0.1) is 25.5 Å². The number of carbonyl (C=O) groups excluding carboxylic acids is 1. The van der Waals surface area contributed by atoms with E-state index in [1.54, 1.807) is 23.8 Å². The third-order valence-electron chi connectivity index (χ3n) is 3.38. The Kier molecular flexibility index (Phi) is 5.17. The Hall–Kier alpha value is -2.62. The number of amides is 1. The van der Waals surface area contributed by atoms with Crippen molar-refractivity contribution in [2.24, 2.45) is 5.92 Å². The van der Waals surface area contributed by atoms with E-state index in [0.717, 1.165) is 11.4 Å². The van der Waals surface area contributed by atoms with Crippen molar-refractivity contribution in [2.75, 3.05) is 12.4 Å². The van der Waals surface area contributed by atoms with Crippen LogP contribution in [-0.2, 0) is 17.6 Å². The first-order valence-electron chi connectivity index (χ1n) is 7.92. The van der Waals surface area contributed by atoms with E-state index >= 15 is 0 Å². The molecule has 3 aromatic rings. The van der Waals surface area contributed by atoms with Gasteiger partial charge in [0, 0.05) is 25.3 Å².